The number of amides is 2. The Balaban J connectivity index is 1.41. The lowest BCUT2D eigenvalue weighted by Gasteiger charge is -2.08. The van der Waals surface area contributed by atoms with Crippen molar-refractivity contribution in [1.29, 1.82) is 0 Å². The van der Waals surface area contributed by atoms with E-state index < -0.39 is 23.8 Å². The van der Waals surface area contributed by atoms with Gasteiger partial charge in [-0.15, -0.1) is 11.3 Å². The highest BCUT2D eigenvalue weighted by Crippen LogP contribution is 2.39. The number of anilines is 1. The van der Waals surface area contributed by atoms with E-state index in [0.29, 0.717) is 22.6 Å². The summed E-state index contributed by atoms with van der Waals surface area (Å²) in [5, 5.41) is 6.99. The van der Waals surface area contributed by atoms with Gasteiger partial charge < -0.3 is 14.8 Å². The number of carbonyl (C=O) groups excluding carboxylic acids is 4. The molecule has 1 heterocycles. The SMILES string of the molecule is CCOC(=O)c1c(NC(=O)C(=O)N/N=C/c2ccccc2OC(=O)c2cccc(Cl)c2)sc2c1CCC2. The quantitative estimate of drug-likeness (QED) is 0.151. The number of fused-ring (bicyclic) bond motifs is 1. The Hall–Kier alpha value is -4.02. The van der Waals surface area contributed by atoms with Gasteiger partial charge in [0.05, 0.1) is 23.9 Å². The molecule has 3 aromatic rings. The van der Waals surface area contributed by atoms with Crippen molar-refractivity contribution in [3.05, 3.63) is 80.7 Å². The Bertz CT molecular complexity index is 1400. The second-order valence-corrected chi connectivity index (χ2v) is 9.41. The van der Waals surface area contributed by atoms with Gasteiger partial charge >= 0.3 is 23.8 Å². The second kappa shape index (κ2) is 11.8. The molecule has 0 bridgehead atoms. The maximum atomic E-state index is 12.5. The molecule has 4 rings (SSSR count). The number of thiophene rings is 1. The third kappa shape index (κ3) is 6.22. The molecular formula is C26H22ClN3O6S. The van der Waals surface area contributed by atoms with Crippen molar-refractivity contribution >= 4 is 57.9 Å². The number of ether oxygens (including phenoxy) is 2. The molecule has 0 aliphatic heterocycles. The summed E-state index contributed by atoms with van der Waals surface area (Å²) in [7, 11) is 0. The lowest BCUT2D eigenvalue weighted by atomic mass is 10.1. The van der Waals surface area contributed by atoms with Crippen LogP contribution < -0.4 is 15.5 Å². The van der Waals surface area contributed by atoms with Crippen molar-refractivity contribution in [3.8, 4) is 5.75 Å². The molecule has 0 atom stereocenters. The van der Waals surface area contributed by atoms with Crippen LogP contribution in [0.25, 0.3) is 0 Å². The number of nitrogens with zero attached hydrogens (tertiary/aromatic N) is 1. The molecule has 2 amide bonds. The number of para-hydroxylation sites is 1. The van der Waals surface area contributed by atoms with Crippen LogP contribution in [0.4, 0.5) is 5.00 Å². The first-order chi connectivity index (χ1) is 17.9. The van der Waals surface area contributed by atoms with Crippen LogP contribution in [0.1, 0.15) is 50.1 Å². The summed E-state index contributed by atoms with van der Waals surface area (Å²) in [5.41, 5.74) is 3.97. The highest BCUT2D eigenvalue weighted by Gasteiger charge is 2.29. The molecule has 9 nitrogen and oxygen atoms in total. The third-order valence-electron chi connectivity index (χ3n) is 5.39. The number of rotatable bonds is 7. The summed E-state index contributed by atoms with van der Waals surface area (Å²) in [6.45, 7) is 1.90. The van der Waals surface area contributed by atoms with Crippen molar-refractivity contribution < 1.29 is 28.7 Å². The molecule has 11 heteroatoms. The average molecular weight is 540 g/mol. The number of carbonyl (C=O) groups is 4. The van der Waals surface area contributed by atoms with Crippen LogP contribution in [0.2, 0.25) is 5.02 Å². The summed E-state index contributed by atoms with van der Waals surface area (Å²) < 4.78 is 10.6. The normalized spacial score (nSPS) is 12.2. The van der Waals surface area contributed by atoms with E-state index in [1.807, 2.05) is 0 Å². The highest BCUT2D eigenvalue weighted by molar-refractivity contribution is 7.17. The fraction of sp³-hybridized carbons (Fsp3) is 0.192. The van der Waals surface area contributed by atoms with E-state index in [2.05, 4.69) is 15.8 Å². The van der Waals surface area contributed by atoms with Crippen LogP contribution in [0.3, 0.4) is 0 Å². The number of nitrogens with one attached hydrogen (secondary N) is 2. The summed E-state index contributed by atoms with van der Waals surface area (Å²) in [6.07, 6.45) is 3.69. The van der Waals surface area contributed by atoms with Crippen molar-refractivity contribution in [1.82, 2.24) is 5.43 Å². The van der Waals surface area contributed by atoms with Crippen molar-refractivity contribution in [2.45, 2.75) is 26.2 Å². The van der Waals surface area contributed by atoms with Crippen molar-refractivity contribution in [2.24, 2.45) is 5.10 Å². The van der Waals surface area contributed by atoms with Crippen LogP contribution in [0.5, 0.6) is 5.75 Å². The predicted octanol–water partition coefficient (Wildman–Crippen LogP) is 4.37. The van der Waals surface area contributed by atoms with Gasteiger partial charge in [-0.25, -0.2) is 15.0 Å². The topological polar surface area (TPSA) is 123 Å². The number of esters is 2. The first-order valence-electron chi connectivity index (χ1n) is 11.4. The Morgan fingerprint density at radius 3 is 2.65 bits per heavy atom. The fourth-order valence-corrected chi connectivity index (χ4v) is 5.20. The van der Waals surface area contributed by atoms with Gasteiger partial charge in [-0.05, 0) is 62.1 Å². The maximum Gasteiger partial charge on any atom is 0.343 e. The Kier molecular flexibility index (Phi) is 8.32. The van der Waals surface area contributed by atoms with Crippen LogP contribution in [-0.2, 0) is 27.2 Å². The summed E-state index contributed by atoms with van der Waals surface area (Å²) in [5.74, 6) is -2.97. The summed E-state index contributed by atoms with van der Waals surface area (Å²) in [4.78, 5) is 50.7. The molecule has 37 heavy (non-hydrogen) atoms. The lowest BCUT2D eigenvalue weighted by Crippen LogP contribution is -2.32. The average Bonchev–Trinajstić information content (AvgIpc) is 3.46. The van der Waals surface area contributed by atoms with Gasteiger partial charge in [0.25, 0.3) is 0 Å². The molecule has 2 aromatic carbocycles. The van der Waals surface area contributed by atoms with Crippen molar-refractivity contribution in [3.63, 3.8) is 0 Å². The molecule has 1 aromatic heterocycles. The minimum Gasteiger partial charge on any atom is -0.462 e. The molecule has 0 fully saturated rings. The van der Waals surface area contributed by atoms with Gasteiger partial charge in [-0.3, -0.25) is 9.59 Å². The standard InChI is InChI=1S/C26H22ClN3O6S/c1-2-35-26(34)21-18-10-6-12-20(18)37-24(21)29-22(31)23(32)30-28-14-16-7-3-4-11-19(16)36-25(33)15-8-5-9-17(27)13-15/h3-5,7-9,11,13-14H,2,6,10,12H2,1H3,(H,29,31)(H,30,32)/b28-14+. The van der Waals surface area contributed by atoms with Gasteiger partial charge in [0.15, 0.2) is 0 Å². The van der Waals surface area contributed by atoms with Crippen molar-refractivity contribution in [2.75, 3.05) is 11.9 Å². The first kappa shape index (κ1) is 26.1. The minimum atomic E-state index is -1.03. The van der Waals surface area contributed by atoms with E-state index in [-0.39, 0.29) is 22.9 Å². The molecule has 0 radical (unpaired) electrons. The van der Waals surface area contributed by atoms with Crippen LogP contribution in [0, 0.1) is 0 Å². The molecule has 1 aliphatic rings. The van der Waals surface area contributed by atoms with E-state index in [9.17, 15) is 19.2 Å². The molecule has 0 spiro atoms. The summed E-state index contributed by atoms with van der Waals surface area (Å²) in [6, 6.07) is 12.9. The van der Waals surface area contributed by atoms with Crippen LogP contribution >= 0.6 is 22.9 Å². The molecular weight excluding hydrogens is 518 g/mol. The Labute approximate surface area is 221 Å². The largest absolute Gasteiger partial charge is 0.462 e. The smallest absolute Gasteiger partial charge is 0.343 e. The zero-order chi connectivity index (χ0) is 26.4. The number of hydrogen-bond acceptors (Lipinski definition) is 8. The van der Waals surface area contributed by atoms with Gasteiger partial charge in [-0.1, -0.05) is 29.8 Å². The molecule has 190 valence electrons. The zero-order valence-electron chi connectivity index (χ0n) is 19.7. The lowest BCUT2D eigenvalue weighted by molar-refractivity contribution is -0.136. The number of benzene rings is 2. The fourth-order valence-electron chi connectivity index (χ4n) is 3.74. The second-order valence-electron chi connectivity index (χ2n) is 7.87. The van der Waals surface area contributed by atoms with E-state index in [0.717, 1.165) is 23.3 Å². The number of hydrazone groups is 1. The third-order valence-corrected chi connectivity index (χ3v) is 6.83. The molecule has 0 saturated heterocycles. The predicted molar refractivity (Wildman–Crippen MR) is 140 cm³/mol. The summed E-state index contributed by atoms with van der Waals surface area (Å²) >= 11 is 7.20. The molecule has 0 saturated carbocycles. The Morgan fingerprint density at radius 2 is 1.86 bits per heavy atom. The number of aryl methyl sites for hydroxylation is 1. The minimum absolute atomic E-state index is 0.196. The van der Waals surface area contributed by atoms with Gasteiger partial charge in [0.1, 0.15) is 10.8 Å². The van der Waals surface area contributed by atoms with Crippen LogP contribution in [-0.4, -0.2) is 36.6 Å². The zero-order valence-corrected chi connectivity index (χ0v) is 21.3. The maximum absolute atomic E-state index is 12.5. The van der Waals surface area contributed by atoms with Gasteiger partial charge in [0.2, 0.25) is 0 Å². The number of halogens is 1. The van der Waals surface area contributed by atoms with Crippen LogP contribution in [0.15, 0.2) is 53.6 Å². The van der Waals surface area contributed by atoms with E-state index in [1.54, 1.807) is 49.4 Å². The molecule has 0 unspecified atom stereocenters. The monoisotopic (exact) mass is 539 g/mol. The van der Waals surface area contributed by atoms with E-state index >= 15 is 0 Å². The Morgan fingerprint density at radius 1 is 1.05 bits per heavy atom. The molecule has 2 N–H and O–H groups in total. The number of hydrogen-bond donors (Lipinski definition) is 2. The van der Waals surface area contributed by atoms with E-state index in [1.165, 1.54) is 23.6 Å². The molecule has 1 aliphatic carbocycles. The van der Waals surface area contributed by atoms with Gasteiger partial charge in [0, 0.05) is 15.5 Å². The van der Waals surface area contributed by atoms with Gasteiger partial charge in [-0.2, -0.15) is 5.10 Å². The van der Waals surface area contributed by atoms with E-state index in [4.69, 9.17) is 21.1 Å². The first-order valence-corrected chi connectivity index (χ1v) is 12.6. The highest BCUT2D eigenvalue weighted by atomic mass is 35.5.